The van der Waals surface area contributed by atoms with Crippen molar-refractivity contribution in [2.24, 2.45) is 0 Å². The number of rotatable bonds is 3. The molecule has 0 spiro atoms. The summed E-state index contributed by atoms with van der Waals surface area (Å²) in [6.45, 7) is 0.0326. The first kappa shape index (κ1) is 22.8. The van der Waals surface area contributed by atoms with Gasteiger partial charge in [-0.05, 0) is 13.0 Å². The van der Waals surface area contributed by atoms with Crippen LogP contribution in [0.15, 0.2) is 11.6 Å². The van der Waals surface area contributed by atoms with Crippen molar-refractivity contribution in [3.8, 4) is 0 Å². The maximum atomic E-state index is 12.4. The van der Waals surface area contributed by atoms with Crippen LogP contribution in [0.4, 0.5) is 52.7 Å². The van der Waals surface area contributed by atoms with E-state index < -0.39 is 54.0 Å². The second-order valence-corrected chi connectivity index (χ2v) is 4.79. The van der Waals surface area contributed by atoms with Crippen molar-refractivity contribution in [3.05, 3.63) is 11.6 Å². The first-order chi connectivity index (χ1) is 10.1. The predicted octanol–water partition coefficient (Wildman–Crippen LogP) is 4.03. The average Bonchev–Trinajstić information content (AvgIpc) is 2.21. The van der Waals surface area contributed by atoms with E-state index in [1.54, 1.807) is 0 Å². The molecule has 0 saturated heterocycles. The van der Waals surface area contributed by atoms with Gasteiger partial charge in [0.25, 0.3) is 11.2 Å². The van der Waals surface area contributed by atoms with E-state index in [1.807, 2.05) is 0 Å². The highest BCUT2D eigenvalue weighted by molar-refractivity contribution is 5.19. The van der Waals surface area contributed by atoms with Crippen LogP contribution in [-0.4, -0.2) is 46.1 Å². The molecular formula is C10H8F12O2. The molecule has 0 aromatic rings. The van der Waals surface area contributed by atoms with Gasteiger partial charge in [-0.3, -0.25) is 0 Å². The lowest BCUT2D eigenvalue weighted by Crippen LogP contribution is -2.58. The molecule has 2 N–H and O–H groups in total. The quantitative estimate of drug-likeness (QED) is 0.566. The van der Waals surface area contributed by atoms with E-state index in [0.717, 1.165) is 0 Å². The van der Waals surface area contributed by atoms with Gasteiger partial charge < -0.3 is 10.2 Å². The van der Waals surface area contributed by atoms with Crippen LogP contribution in [-0.2, 0) is 0 Å². The van der Waals surface area contributed by atoms with Gasteiger partial charge in [-0.15, -0.1) is 0 Å². The highest BCUT2D eigenvalue weighted by atomic mass is 19.4. The van der Waals surface area contributed by atoms with Crippen LogP contribution in [0.2, 0.25) is 0 Å². The molecule has 0 rings (SSSR count). The normalized spacial score (nSPS) is 16.5. The molecular weight excluding hydrogens is 380 g/mol. The fourth-order valence-corrected chi connectivity index (χ4v) is 1.50. The summed E-state index contributed by atoms with van der Waals surface area (Å²) in [4.78, 5) is 0. The minimum Gasteiger partial charge on any atom is -0.373 e. The Labute approximate surface area is 125 Å². The van der Waals surface area contributed by atoms with Crippen molar-refractivity contribution in [1.82, 2.24) is 0 Å². The van der Waals surface area contributed by atoms with Gasteiger partial charge >= 0.3 is 24.7 Å². The largest absolute Gasteiger partial charge is 0.430 e. The molecule has 0 aromatic heterocycles. The van der Waals surface area contributed by atoms with Crippen molar-refractivity contribution >= 4 is 0 Å². The van der Waals surface area contributed by atoms with E-state index in [4.69, 9.17) is 10.2 Å². The fraction of sp³-hybridized carbons (Fsp3) is 0.800. The molecule has 0 aliphatic heterocycles. The highest BCUT2D eigenvalue weighted by Gasteiger charge is 2.72. The van der Waals surface area contributed by atoms with Gasteiger partial charge in [0.2, 0.25) is 0 Å². The standard InChI is InChI=1S/C10H8F12O2/c1-4(2-5(23,7(11,12)13)8(14,15)16)3-6(24,9(17,18)19)10(20,21)22/h2,23-24H,3H2,1H3/b4-2-. The lowest BCUT2D eigenvalue weighted by Gasteiger charge is -2.34. The van der Waals surface area contributed by atoms with Crippen LogP contribution in [0, 0.1) is 0 Å². The Morgan fingerprint density at radius 2 is 0.958 bits per heavy atom. The van der Waals surface area contributed by atoms with Crippen LogP contribution in [0.5, 0.6) is 0 Å². The third kappa shape index (κ3) is 4.07. The van der Waals surface area contributed by atoms with Crippen LogP contribution in [0.1, 0.15) is 13.3 Å². The van der Waals surface area contributed by atoms with Crippen LogP contribution < -0.4 is 0 Å². The number of halogens is 12. The van der Waals surface area contributed by atoms with Crippen molar-refractivity contribution < 1.29 is 62.9 Å². The van der Waals surface area contributed by atoms with Gasteiger partial charge in [-0.25, -0.2) is 0 Å². The topological polar surface area (TPSA) is 40.5 Å². The maximum Gasteiger partial charge on any atom is 0.430 e. The van der Waals surface area contributed by atoms with Crippen LogP contribution >= 0.6 is 0 Å². The number of hydrogen-bond acceptors (Lipinski definition) is 2. The molecule has 144 valence electrons. The Kier molecular flexibility index (Phi) is 5.67. The first-order valence-corrected chi connectivity index (χ1v) is 5.50. The molecule has 0 aliphatic rings. The van der Waals surface area contributed by atoms with E-state index in [-0.39, 0.29) is 6.92 Å². The first-order valence-electron chi connectivity index (χ1n) is 5.50. The Morgan fingerprint density at radius 3 is 1.17 bits per heavy atom. The Hall–Kier alpha value is -1.18. The number of aliphatic hydroxyl groups is 2. The summed E-state index contributed by atoms with van der Waals surface area (Å²) >= 11 is 0. The molecule has 24 heavy (non-hydrogen) atoms. The third-order valence-corrected chi connectivity index (χ3v) is 2.79. The van der Waals surface area contributed by atoms with Gasteiger partial charge in [0.1, 0.15) is 0 Å². The maximum absolute atomic E-state index is 12.4. The predicted molar refractivity (Wildman–Crippen MR) is 52.5 cm³/mol. The van der Waals surface area contributed by atoms with E-state index in [0.29, 0.717) is 0 Å². The SMILES string of the molecule is C/C(=C/C(O)(C(F)(F)F)C(F)(F)F)CC(O)(C(F)(F)F)C(F)(F)F. The van der Waals surface area contributed by atoms with Gasteiger partial charge in [0.05, 0.1) is 0 Å². The Bertz CT molecular complexity index is 450. The molecule has 0 aromatic carbocycles. The monoisotopic (exact) mass is 388 g/mol. The van der Waals surface area contributed by atoms with Crippen LogP contribution in [0.3, 0.4) is 0 Å². The summed E-state index contributed by atoms with van der Waals surface area (Å²) in [5, 5.41) is 17.4. The highest BCUT2D eigenvalue weighted by Crippen LogP contribution is 2.49. The average molecular weight is 388 g/mol. The van der Waals surface area contributed by atoms with Crippen molar-refractivity contribution in [2.45, 2.75) is 49.3 Å². The second-order valence-electron chi connectivity index (χ2n) is 4.79. The molecule has 0 heterocycles. The van der Waals surface area contributed by atoms with E-state index >= 15 is 0 Å². The second kappa shape index (κ2) is 5.97. The summed E-state index contributed by atoms with van der Waals surface area (Å²) in [6, 6.07) is 0. The van der Waals surface area contributed by atoms with Crippen molar-refractivity contribution in [3.63, 3.8) is 0 Å². The molecule has 0 atom stereocenters. The molecule has 0 bridgehead atoms. The molecule has 0 fully saturated rings. The lowest BCUT2D eigenvalue weighted by atomic mass is 9.90. The van der Waals surface area contributed by atoms with Crippen molar-refractivity contribution in [1.29, 1.82) is 0 Å². The van der Waals surface area contributed by atoms with E-state index in [9.17, 15) is 52.7 Å². The number of alkyl halides is 12. The minimum absolute atomic E-state index is 0.0326. The summed E-state index contributed by atoms with van der Waals surface area (Å²) < 4.78 is 148. The molecule has 0 unspecified atom stereocenters. The lowest BCUT2D eigenvalue weighted by molar-refractivity contribution is -0.367. The Morgan fingerprint density at radius 1 is 0.667 bits per heavy atom. The minimum atomic E-state index is -6.49. The Balaban J connectivity index is 6.09. The van der Waals surface area contributed by atoms with Gasteiger partial charge in [0.15, 0.2) is 0 Å². The summed E-state index contributed by atoms with van der Waals surface area (Å²) in [7, 11) is 0. The van der Waals surface area contributed by atoms with Gasteiger partial charge in [-0.2, -0.15) is 52.7 Å². The molecule has 0 aliphatic carbocycles. The van der Waals surface area contributed by atoms with E-state index in [1.165, 1.54) is 0 Å². The molecule has 14 heteroatoms. The summed E-state index contributed by atoms with van der Waals surface area (Å²) in [5.74, 6) is 0. The molecule has 0 saturated carbocycles. The van der Waals surface area contributed by atoms with Crippen molar-refractivity contribution in [2.75, 3.05) is 0 Å². The zero-order valence-corrected chi connectivity index (χ0v) is 11.2. The molecule has 2 nitrogen and oxygen atoms in total. The third-order valence-electron chi connectivity index (χ3n) is 2.79. The zero-order chi connectivity index (χ0) is 20.0. The van der Waals surface area contributed by atoms with Gasteiger partial charge in [-0.1, -0.05) is 5.57 Å². The molecule has 0 radical (unpaired) electrons. The van der Waals surface area contributed by atoms with E-state index in [2.05, 4.69) is 0 Å². The fourth-order valence-electron chi connectivity index (χ4n) is 1.50. The summed E-state index contributed by atoms with van der Waals surface area (Å²) in [5.41, 5.74) is -13.1. The van der Waals surface area contributed by atoms with Gasteiger partial charge in [0, 0.05) is 6.42 Å². The van der Waals surface area contributed by atoms with Crippen LogP contribution in [0.25, 0.3) is 0 Å². The molecule has 0 amide bonds. The zero-order valence-electron chi connectivity index (χ0n) is 11.2. The smallest absolute Gasteiger partial charge is 0.373 e. The number of hydrogen-bond donors (Lipinski definition) is 2. The summed E-state index contributed by atoms with van der Waals surface area (Å²) in [6.07, 6.45) is -29.8.